The fraction of sp³-hybridized carbons (Fsp3) is 0.385. The van der Waals surface area contributed by atoms with Crippen molar-refractivity contribution in [3.8, 4) is 0 Å². The van der Waals surface area contributed by atoms with Gasteiger partial charge in [-0.2, -0.15) is 0 Å². The van der Waals surface area contributed by atoms with Crippen molar-refractivity contribution in [2.75, 3.05) is 26.4 Å². The number of ether oxygens (including phenoxy) is 1. The van der Waals surface area contributed by atoms with Crippen LogP contribution >= 0.6 is 0 Å². The molecule has 21 heavy (non-hydrogen) atoms. The monoisotopic (exact) mass is 294 g/mol. The first kappa shape index (κ1) is 15.4. The lowest BCUT2D eigenvalue weighted by Crippen LogP contribution is -2.20. The van der Waals surface area contributed by atoms with Crippen LogP contribution < -0.4 is 10.8 Å². The summed E-state index contributed by atoms with van der Waals surface area (Å²) in [5, 5.41) is 21.3. The van der Waals surface area contributed by atoms with E-state index in [1.54, 1.807) is 17.7 Å². The fourth-order valence-electron chi connectivity index (χ4n) is 1.94. The third kappa shape index (κ3) is 3.99. The molecule has 0 aromatic carbocycles. The zero-order valence-corrected chi connectivity index (χ0v) is 11.4. The summed E-state index contributed by atoms with van der Waals surface area (Å²) >= 11 is 0. The molecular weight excluding hydrogens is 276 g/mol. The van der Waals surface area contributed by atoms with Gasteiger partial charge in [0.25, 0.3) is 5.91 Å². The number of hydroxylamine groups is 1. The van der Waals surface area contributed by atoms with Gasteiger partial charge in [-0.1, -0.05) is 0 Å². The van der Waals surface area contributed by atoms with E-state index in [2.05, 4.69) is 15.3 Å². The van der Waals surface area contributed by atoms with Crippen LogP contribution in [0.5, 0.6) is 0 Å². The lowest BCUT2D eigenvalue weighted by molar-refractivity contribution is 0.0701. The first-order valence-corrected chi connectivity index (χ1v) is 6.56. The van der Waals surface area contributed by atoms with Gasteiger partial charge in [-0.15, -0.1) is 0 Å². The number of nitrogens with zero attached hydrogens (tertiary/aromatic N) is 1. The molecule has 8 heteroatoms. The minimum Gasteiger partial charge on any atom is -0.394 e. The van der Waals surface area contributed by atoms with Crippen LogP contribution in [0.1, 0.15) is 16.1 Å². The Balaban J connectivity index is 1.98. The lowest BCUT2D eigenvalue weighted by Gasteiger charge is -2.05. The Morgan fingerprint density at radius 1 is 1.43 bits per heavy atom. The molecule has 0 saturated carbocycles. The Morgan fingerprint density at radius 3 is 3.05 bits per heavy atom. The number of nitrogens with one attached hydrogen (secondary N) is 3. The number of carbonyl (C=O) groups excluding carboxylic acids is 1. The molecule has 0 atom stereocenters. The summed E-state index contributed by atoms with van der Waals surface area (Å²) in [4.78, 5) is 18.4. The number of amides is 1. The lowest BCUT2D eigenvalue weighted by atomic mass is 10.2. The largest absolute Gasteiger partial charge is 0.394 e. The molecule has 0 fully saturated rings. The van der Waals surface area contributed by atoms with Crippen LogP contribution in [-0.4, -0.2) is 52.6 Å². The van der Waals surface area contributed by atoms with Crippen LogP contribution in [0, 0.1) is 0 Å². The molecule has 0 spiro atoms. The van der Waals surface area contributed by atoms with Gasteiger partial charge in [0, 0.05) is 24.7 Å². The highest BCUT2D eigenvalue weighted by atomic mass is 16.5. The molecule has 2 aromatic rings. The third-order valence-electron chi connectivity index (χ3n) is 2.96. The van der Waals surface area contributed by atoms with E-state index in [1.165, 1.54) is 0 Å². The number of aromatic amines is 1. The van der Waals surface area contributed by atoms with Gasteiger partial charge < -0.3 is 20.1 Å². The van der Waals surface area contributed by atoms with Crippen molar-refractivity contribution in [2.45, 2.75) is 6.54 Å². The summed E-state index contributed by atoms with van der Waals surface area (Å²) < 4.78 is 5.14. The van der Waals surface area contributed by atoms with E-state index in [4.69, 9.17) is 15.1 Å². The average molecular weight is 294 g/mol. The van der Waals surface area contributed by atoms with E-state index >= 15 is 0 Å². The predicted molar refractivity (Wildman–Crippen MR) is 75.0 cm³/mol. The predicted octanol–water partition coefficient (Wildman–Crippen LogP) is -0.220. The molecule has 2 aromatic heterocycles. The normalized spacial score (nSPS) is 11.0. The Morgan fingerprint density at radius 2 is 2.29 bits per heavy atom. The molecule has 0 unspecified atom stereocenters. The van der Waals surface area contributed by atoms with Gasteiger partial charge in [0.1, 0.15) is 5.69 Å². The van der Waals surface area contributed by atoms with E-state index in [0.29, 0.717) is 26.3 Å². The molecule has 8 nitrogen and oxygen atoms in total. The van der Waals surface area contributed by atoms with Crippen LogP contribution in [0.4, 0.5) is 0 Å². The summed E-state index contributed by atoms with van der Waals surface area (Å²) in [6.45, 7) is 2.13. The van der Waals surface area contributed by atoms with Crippen LogP contribution in [0.25, 0.3) is 10.9 Å². The average Bonchev–Trinajstić information content (AvgIpc) is 2.92. The molecule has 0 radical (unpaired) electrons. The van der Waals surface area contributed by atoms with Gasteiger partial charge in [0.15, 0.2) is 0 Å². The maximum atomic E-state index is 11.4. The van der Waals surface area contributed by atoms with Crippen molar-refractivity contribution in [3.63, 3.8) is 0 Å². The molecule has 5 N–H and O–H groups in total. The summed E-state index contributed by atoms with van der Waals surface area (Å²) in [5.74, 6) is -0.644. The van der Waals surface area contributed by atoms with Crippen LogP contribution in [0.15, 0.2) is 18.5 Å². The molecule has 0 aliphatic heterocycles. The summed E-state index contributed by atoms with van der Waals surface area (Å²) in [5.41, 5.74) is 3.52. The highest BCUT2D eigenvalue weighted by Gasteiger charge is 2.10. The Hall–Kier alpha value is -2.00. The molecule has 1 amide bonds. The number of pyridine rings is 1. The maximum Gasteiger partial charge on any atom is 0.293 e. The topological polar surface area (TPSA) is 120 Å². The summed E-state index contributed by atoms with van der Waals surface area (Å²) in [6, 6.07) is 1.62. The maximum absolute atomic E-state index is 11.4. The number of fused-ring (bicyclic) bond motifs is 1. The summed E-state index contributed by atoms with van der Waals surface area (Å²) in [7, 11) is 0. The fourth-order valence-corrected chi connectivity index (χ4v) is 1.94. The van der Waals surface area contributed by atoms with E-state index < -0.39 is 5.91 Å². The molecule has 0 saturated heterocycles. The van der Waals surface area contributed by atoms with Gasteiger partial charge in [-0.05, 0) is 11.6 Å². The first-order chi connectivity index (χ1) is 10.3. The Kier molecular flexibility index (Phi) is 5.64. The van der Waals surface area contributed by atoms with Crippen LogP contribution in [-0.2, 0) is 11.3 Å². The second-order valence-electron chi connectivity index (χ2n) is 4.38. The van der Waals surface area contributed by atoms with Gasteiger partial charge in [0.2, 0.25) is 0 Å². The Labute approximate surface area is 121 Å². The third-order valence-corrected chi connectivity index (χ3v) is 2.96. The van der Waals surface area contributed by atoms with Crippen molar-refractivity contribution >= 4 is 16.8 Å². The van der Waals surface area contributed by atoms with Gasteiger partial charge >= 0.3 is 0 Å². The minimum atomic E-state index is -0.644. The molecule has 114 valence electrons. The molecule has 2 heterocycles. The van der Waals surface area contributed by atoms with E-state index in [-0.39, 0.29) is 12.3 Å². The van der Waals surface area contributed by atoms with Crippen molar-refractivity contribution in [2.24, 2.45) is 0 Å². The van der Waals surface area contributed by atoms with E-state index in [0.717, 1.165) is 16.5 Å². The number of hydrogen-bond donors (Lipinski definition) is 5. The van der Waals surface area contributed by atoms with Gasteiger partial charge in [-0.3, -0.25) is 10.0 Å². The van der Waals surface area contributed by atoms with Crippen LogP contribution in [0.2, 0.25) is 0 Å². The quantitative estimate of drug-likeness (QED) is 0.261. The first-order valence-electron chi connectivity index (χ1n) is 6.56. The van der Waals surface area contributed by atoms with Crippen molar-refractivity contribution in [3.05, 3.63) is 29.7 Å². The number of hydrogen-bond acceptors (Lipinski definition) is 6. The van der Waals surface area contributed by atoms with Crippen molar-refractivity contribution < 1.29 is 19.8 Å². The molecule has 0 aliphatic carbocycles. The number of aliphatic hydroxyl groups excluding tert-OH is 1. The van der Waals surface area contributed by atoms with Gasteiger partial charge in [0.05, 0.1) is 31.5 Å². The number of rotatable bonds is 8. The standard InChI is InChI=1S/C13H18N4O4/c18-2-4-21-3-1-14-6-9-7-15-12-8-16-11(5-10(9)12)13(19)17-20/h5,7-8,14-15,18,20H,1-4,6H2,(H,17,19). The second kappa shape index (κ2) is 7.70. The van der Waals surface area contributed by atoms with Crippen molar-refractivity contribution in [1.82, 2.24) is 20.8 Å². The number of aromatic nitrogens is 2. The van der Waals surface area contributed by atoms with E-state index in [9.17, 15) is 4.79 Å². The number of carbonyl (C=O) groups is 1. The Bertz CT molecular complexity index is 599. The molecule has 0 bridgehead atoms. The molecular formula is C13H18N4O4. The summed E-state index contributed by atoms with van der Waals surface area (Å²) in [6.07, 6.45) is 3.39. The van der Waals surface area contributed by atoms with E-state index in [1.807, 2.05) is 6.20 Å². The highest BCUT2D eigenvalue weighted by molar-refractivity contribution is 5.95. The zero-order chi connectivity index (χ0) is 15.1. The SMILES string of the molecule is O=C(NO)c1cc2c(CNCCOCCO)c[nH]c2cn1. The minimum absolute atomic E-state index is 0.0190. The number of H-pyrrole nitrogens is 1. The number of aliphatic hydroxyl groups is 1. The van der Waals surface area contributed by atoms with Gasteiger partial charge in [-0.25, -0.2) is 10.5 Å². The van der Waals surface area contributed by atoms with Crippen LogP contribution in [0.3, 0.4) is 0 Å². The van der Waals surface area contributed by atoms with Crippen molar-refractivity contribution in [1.29, 1.82) is 0 Å². The smallest absolute Gasteiger partial charge is 0.293 e. The zero-order valence-electron chi connectivity index (χ0n) is 11.4. The molecule has 0 aliphatic rings. The second-order valence-corrected chi connectivity index (χ2v) is 4.38. The molecule has 2 rings (SSSR count). The highest BCUT2D eigenvalue weighted by Crippen LogP contribution is 2.18.